The number of aromatic nitrogens is 2. The quantitative estimate of drug-likeness (QED) is 0.851. The van der Waals surface area contributed by atoms with Crippen LogP contribution in [0.2, 0.25) is 0 Å². The zero-order chi connectivity index (χ0) is 15.0. The predicted octanol–water partition coefficient (Wildman–Crippen LogP) is 1.76. The van der Waals surface area contributed by atoms with E-state index in [4.69, 9.17) is 15.0 Å². The Kier molecular flexibility index (Phi) is 4.00. The average molecular weight is 275 g/mol. The van der Waals surface area contributed by atoms with Gasteiger partial charge in [-0.25, -0.2) is 0 Å². The molecule has 0 aromatic carbocycles. The lowest BCUT2D eigenvalue weighted by molar-refractivity contribution is 0.00578. The highest BCUT2D eigenvalue weighted by Crippen LogP contribution is 2.38. The van der Waals surface area contributed by atoms with E-state index in [-0.39, 0.29) is 11.2 Å². The lowest BCUT2D eigenvalue weighted by atomic mass is 9.77. The van der Waals surface area contributed by atoms with E-state index < -0.39 is 7.12 Å². The molecule has 1 aliphatic rings. The third kappa shape index (κ3) is 2.92. The molecule has 0 bridgehead atoms. The number of nitrogens with two attached hydrogens (primary N) is 1. The molecular formula is C14H22BN3O2. The van der Waals surface area contributed by atoms with Crippen molar-refractivity contribution >= 4 is 13.2 Å². The lowest BCUT2D eigenvalue weighted by Gasteiger charge is -2.32. The van der Waals surface area contributed by atoms with Crippen molar-refractivity contribution in [3.05, 3.63) is 29.0 Å². The van der Waals surface area contributed by atoms with E-state index in [9.17, 15) is 0 Å². The Labute approximate surface area is 120 Å². The molecule has 0 aliphatic carbocycles. The van der Waals surface area contributed by atoms with Crippen LogP contribution in [0.1, 0.15) is 39.1 Å². The molecule has 108 valence electrons. The maximum atomic E-state index is 5.99. The minimum absolute atomic E-state index is 0.354. The second kappa shape index (κ2) is 5.28. The van der Waals surface area contributed by atoms with Crippen molar-refractivity contribution < 1.29 is 9.31 Å². The zero-order valence-electron chi connectivity index (χ0n) is 12.8. The van der Waals surface area contributed by atoms with Crippen LogP contribution in [-0.2, 0) is 9.31 Å². The van der Waals surface area contributed by atoms with Crippen LogP contribution < -0.4 is 5.73 Å². The molecule has 0 amide bonds. The van der Waals surface area contributed by atoms with E-state index in [2.05, 4.69) is 10.2 Å². The molecule has 2 heterocycles. The molecule has 1 aromatic rings. The Balaban J connectivity index is 2.24. The summed E-state index contributed by atoms with van der Waals surface area (Å²) < 4.78 is 12.0. The number of hydrogen-bond donors (Lipinski definition) is 1. The van der Waals surface area contributed by atoms with Crippen LogP contribution in [0.15, 0.2) is 17.6 Å². The maximum Gasteiger partial charge on any atom is 0.491 e. The molecule has 0 atom stereocenters. The first-order valence-electron chi connectivity index (χ1n) is 6.82. The van der Waals surface area contributed by atoms with Gasteiger partial charge < -0.3 is 15.0 Å². The molecule has 20 heavy (non-hydrogen) atoms. The molecule has 0 saturated carbocycles. The van der Waals surface area contributed by atoms with Gasteiger partial charge in [-0.15, -0.1) is 0 Å². The fourth-order valence-electron chi connectivity index (χ4n) is 1.89. The van der Waals surface area contributed by atoms with E-state index >= 15 is 0 Å². The first-order chi connectivity index (χ1) is 9.25. The Morgan fingerprint density at radius 1 is 1.20 bits per heavy atom. The monoisotopic (exact) mass is 275 g/mol. The molecule has 5 nitrogen and oxygen atoms in total. The third-order valence-corrected chi connectivity index (χ3v) is 3.94. The van der Waals surface area contributed by atoms with Crippen molar-refractivity contribution in [2.45, 2.75) is 45.8 Å². The van der Waals surface area contributed by atoms with Crippen molar-refractivity contribution in [3.8, 4) is 0 Å². The van der Waals surface area contributed by atoms with E-state index in [1.165, 1.54) is 0 Å². The van der Waals surface area contributed by atoms with Crippen molar-refractivity contribution in [3.63, 3.8) is 0 Å². The summed E-state index contributed by atoms with van der Waals surface area (Å²) >= 11 is 0. The van der Waals surface area contributed by atoms with Crippen LogP contribution in [-0.4, -0.2) is 35.1 Å². The van der Waals surface area contributed by atoms with Gasteiger partial charge in [0.15, 0.2) is 0 Å². The minimum atomic E-state index is -0.437. The van der Waals surface area contributed by atoms with Gasteiger partial charge >= 0.3 is 7.12 Å². The van der Waals surface area contributed by atoms with E-state index in [0.717, 1.165) is 16.9 Å². The zero-order valence-corrected chi connectivity index (χ0v) is 12.8. The number of rotatable bonds is 3. The SMILES string of the molecule is Cc1ccc(C=C(CN)B2OC(C)(C)C(C)(C)O2)nn1. The lowest BCUT2D eigenvalue weighted by Crippen LogP contribution is -2.41. The summed E-state index contributed by atoms with van der Waals surface area (Å²) in [5.74, 6) is 0. The fraction of sp³-hybridized carbons (Fsp3) is 0.571. The van der Waals surface area contributed by atoms with Gasteiger partial charge in [0, 0.05) is 6.54 Å². The summed E-state index contributed by atoms with van der Waals surface area (Å²) in [5, 5.41) is 8.15. The van der Waals surface area contributed by atoms with Gasteiger partial charge in [-0.05, 0) is 58.3 Å². The van der Waals surface area contributed by atoms with Crippen LogP contribution >= 0.6 is 0 Å². The highest BCUT2D eigenvalue weighted by atomic mass is 16.7. The molecule has 0 unspecified atom stereocenters. The standard InChI is InChI=1S/C14H22BN3O2/c1-10-6-7-12(18-17-10)8-11(9-16)15-19-13(2,3)14(4,5)20-15/h6-8H,9,16H2,1-5H3. The van der Waals surface area contributed by atoms with Gasteiger partial charge in [0.2, 0.25) is 0 Å². The van der Waals surface area contributed by atoms with Gasteiger partial charge in [0.1, 0.15) is 0 Å². The summed E-state index contributed by atoms with van der Waals surface area (Å²) in [7, 11) is -0.437. The second-order valence-electron chi connectivity index (χ2n) is 6.11. The molecule has 0 radical (unpaired) electrons. The average Bonchev–Trinajstić information content (AvgIpc) is 2.57. The van der Waals surface area contributed by atoms with Crippen LogP contribution in [0.4, 0.5) is 0 Å². The van der Waals surface area contributed by atoms with E-state index in [1.807, 2.05) is 52.8 Å². The molecule has 1 saturated heterocycles. The first kappa shape index (κ1) is 15.2. The minimum Gasteiger partial charge on any atom is -0.400 e. The molecule has 1 aromatic heterocycles. The molecule has 1 aliphatic heterocycles. The smallest absolute Gasteiger partial charge is 0.400 e. The number of nitrogens with zero attached hydrogens (tertiary/aromatic N) is 2. The van der Waals surface area contributed by atoms with Crippen LogP contribution in [0.5, 0.6) is 0 Å². The predicted molar refractivity (Wildman–Crippen MR) is 79.9 cm³/mol. The van der Waals surface area contributed by atoms with Crippen LogP contribution in [0.25, 0.3) is 6.08 Å². The van der Waals surface area contributed by atoms with Crippen molar-refractivity contribution in [1.82, 2.24) is 10.2 Å². The molecular weight excluding hydrogens is 253 g/mol. The molecule has 2 N–H and O–H groups in total. The Morgan fingerprint density at radius 2 is 1.80 bits per heavy atom. The Hall–Kier alpha value is -1.24. The first-order valence-corrected chi connectivity index (χ1v) is 6.82. The molecule has 2 rings (SSSR count). The van der Waals surface area contributed by atoms with Crippen molar-refractivity contribution in [1.29, 1.82) is 0 Å². The van der Waals surface area contributed by atoms with Gasteiger partial charge in [0.05, 0.1) is 22.6 Å². The highest BCUT2D eigenvalue weighted by Gasteiger charge is 2.52. The highest BCUT2D eigenvalue weighted by molar-refractivity contribution is 6.55. The number of hydrogen-bond acceptors (Lipinski definition) is 5. The normalized spacial score (nSPS) is 21.3. The van der Waals surface area contributed by atoms with Gasteiger partial charge in [0.25, 0.3) is 0 Å². The summed E-state index contributed by atoms with van der Waals surface area (Å²) in [6.45, 7) is 10.3. The number of aryl methyl sites for hydroxylation is 1. The van der Waals surface area contributed by atoms with Gasteiger partial charge in [-0.2, -0.15) is 10.2 Å². The summed E-state index contributed by atoms with van der Waals surface area (Å²) in [4.78, 5) is 0. The molecule has 1 fully saturated rings. The van der Waals surface area contributed by atoms with Gasteiger partial charge in [-0.1, -0.05) is 0 Å². The summed E-state index contributed by atoms with van der Waals surface area (Å²) in [5.41, 5.74) is 7.59. The van der Waals surface area contributed by atoms with Gasteiger partial charge in [-0.3, -0.25) is 0 Å². The third-order valence-electron chi connectivity index (χ3n) is 3.94. The van der Waals surface area contributed by atoms with E-state index in [1.54, 1.807) is 0 Å². The van der Waals surface area contributed by atoms with Crippen molar-refractivity contribution in [2.24, 2.45) is 5.73 Å². The second-order valence-corrected chi connectivity index (χ2v) is 6.11. The Morgan fingerprint density at radius 3 is 2.25 bits per heavy atom. The van der Waals surface area contributed by atoms with E-state index in [0.29, 0.717) is 6.54 Å². The fourth-order valence-corrected chi connectivity index (χ4v) is 1.89. The topological polar surface area (TPSA) is 70.3 Å². The maximum absolute atomic E-state index is 5.99. The summed E-state index contributed by atoms with van der Waals surface area (Å²) in [6.07, 6.45) is 1.88. The van der Waals surface area contributed by atoms with Crippen LogP contribution in [0.3, 0.4) is 0 Å². The summed E-state index contributed by atoms with van der Waals surface area (Å²) in [6, 6.07) is 3.82. The van der Waals surface area contributed by atoms with Crippen molar-refractivity contribution in [2.75, 3.05) is 6.54 Å². The molecule has 6 heteroatoms. The van der Waals surface area contributed by atoms with Crippen LogP contribution in [0, 0.1) is 6.92 Å². The molecule has 0 spiro atoms. The largest absolute Gasteiger partial charge is 0.491 e. The Bertz CT molecular complexity index is 496.